The van der Waals surface area contributed by atoms with Crippen LogP contribution in [0.2, 0.25) is 5.02 Å². The number of Topliss-reactive ketones (excluding diaryl/α,β-unsaturated/α-hetero) is 1. The van der Waals surface area contributed by atoms with Crippen molar-refractivity contribution in [3.05, 3.63) is 33.3 Å². The quantitative estimate of drug-likeness (QED) is 0.693. The van der Waals surface area contributed by atoms with E-state index in [1.165, 1.54) is 0 Å². The molecule has 2 rings (SSSR count). The van der Waals surface area contributed by atoms with Crippen molar-refractivity contribution in [1.29, 1.82) is 0 Å². The number of halogens is 2. The molecule has 1 aromatic carbocycles. The Balaban J connectivity index is 2.17. The normalized spacial score (nSPS) is 24.6. The van der Waals surface area contributed by atoms with Crippen LogP contribution in [0.25, 0.3) is 0 Å². The van der Waals surface area contributed by atoms with E-state index in [2.05, 4.69) is 22.9 Å². The largest absolute Gasteiger partial charge is 0.294 e. The van der Waals surface area contributed by atoms with Gasteiger partial charge in [-0.15, -0.1) is 0 Å². The first-order chi connectivity index (χ1) is 8.09. The van der Waals surface area contributed by atoms with E-state index in [0.717, 1.165) is 36.1 Å². The number of hydrogen-bond acceptors (Lipinski definition) is 1. The van der Waals surface area contributed by atoms with Crippen LogP contribution in [0.3, 0.4) is 0 Å². The van der Waals surface area contributed by atoms with Gasteiger partial charge in [-0.2, -0.15) is 0 Å². The molecule has 0 heterocycles. The summed E-state index contributed by atoms with van der Waals surface area (Å²) in [5.74, 6) is 1.14. The van der Waals surface area contributed by atoms with E-state index in [1.54, 1.807) is 0 Å². The highest BCUT2D eigenvalue weighted by molar-refractivity contribution is 9.10. The zero-order valence-corrected chi connectivity index (χ0v) is 12.2. The lowest BCUT2D eigenvalue weighted by atomic mass is 9.79. The Labute approximate surface area is 116 Å². The van der Waals surface area contributed by atoms with Crippen molar-refractivity contribution in [2.45, 2.75) is 32.6 Å². The van der Waals surface area contributed by atoms with Gasteiger partial charge >= 0.3 is 0 Å². The number of carbonyl (C=O) groups excluding carboxylic acids is 1. The zero-order chi connectivity index (χ0) is 12.4. The molecule has 1 fully saturated rings. The van der Waals surface area contributed by atoms with Crippen LogP contribution in [0.4, 0.5) is 0 Å². The van der Waals surface area contributed by atoms with Crippen LogP contribution in [-0.2, 0) is 0 Å². The summed E-state index contributed by atoms with van der Waals surface area (Å²) in [6.07, 6.45) is 4.32. The van der Waals surface area contributed by atoms with Crippen LogP contribution in [-0.4, -0.2) is 5.78 Å². The summed E-state index contributed by atoms with van der Waals surface area (Å²) in [6.45, 7) is 2.26. The molecule has 0 N–H and O–H groups in total. The molecule has 1 saturated carbocycles. The third kappa shape index (κ3) is 2.92. The van der Waals surface area contributed by atoms with E-state index in [-0.39, 0.29) is 11.7 Å². The highest BCUT2D eigenvalue weighted by Gasteiger charge is 2.26. The maximum absolute atomic E-state index is 12.4. The van der Waals surface area contributed by atoms with Crippen molar-refractivity contribution < 1.29 is 4.79 Å². The van der Waals surface area contributed by atoms with Crippen LogP contribution < -0.4 is 0 Å². The van der Waals surface area contributed by atoms with E-state index >= 15 is 0 Å². The summed E-state index contributed by atoms with van der Waals surface area (Å²) in [5, 5.41) is 0.552. The van der Waals surface area contributed by atoms with E-state index in [0.29, 0.717) is 10.6 Å². The number of benzene rings is 1. The Hall–Kier alpha value is -0.340. The lowest BCUT2D eigenvalue weighted by Crippen LogP contribution is -2.21. The number of hydrogen-bond donors (Lipinski definition) is 0. The van der Waals surface area contributed by atoms with Gasteiger partial charge in [0.2, 0.25) is 0 Å². The predicted octanol–water partition coefficient (Wildman–Crippen LogP) is 5.11. The van der Waals surface area contributed by atoms with Gasteiger partial charge < -0.3 is 0 Å². The Morgan fingerprint density at radius 2 is 1.94 bits per heavy atom. The van der Waals surface area contributed by atoms with Gasteiger partial charge in [0.25, 0.3) is 0 Å². The van der Waals surface area contributed by atoms with Crippen molar-refractivity contribution in [3.8, 4) is 0 Å². The highest BCUT2D eigenvalue weighted by Crippen LogP contribution is 2.34. The van der Waals surface area contributed by atoms with Crippen molar-refractivity contribution >= 4 is 33.3 Å². The topological polar surface area (TPSA) is 17.1 Å². The van der Waals surface area contributed by atoms with E-state index in [9.17, 15) is 4.79 Å². The molecule has 92 valence electrons. The van der Waals surface area contributed by atoms with Gasteiger partial charge in [-0.1, -0.05) is 37.4 Å². The van der Waals surface area contributed by atoms with E-state index < -0.39 is 0 Å². The molecule has 0 saturated heterocycles. The van der Waals surface area contributed by atoms with Crippen LogP contribution in [0.5, 0.6) is 0 Å². The summed E-state index contributed by atoms with van der Waals surface area (Å²) in [5.41, 5.74) is 0.667. The molecule has 1 aliphatic rings. The van der Waals surface area contributed by atoms with Crippen LogP contribution in [0, 0.1) is 11.8 Å². The van der Waals surface area contributed by atoms with Crippen molar-refractivity contribution in [2.24, 2.45) is 11.8 Å². The third-order valence-corrected chi connectivity index (χ3v) is 4.90. The van der Waals surface area contributed by atoms with Crippen LogP contribution >= 0.6 is 27.5 Å². The lowest BCUT2D eigenvalue weighted by Gasteiger charge is -2.25. The summed E-state index contributed by atoms with van der Waals surface area (Å²) in [6, 6.07) is 5.56. The van der Waals surface area contributed by atoms with Crippen LogP contribution in [0.1, 0.15) is 43.0 Å². The minimum absolute atomic E-state index is 0.165. The average molecular weight is 316 g/mol. The smallest absolute Gasteiger partial charge is 0.167 e. The van der Waals surface area contributed by atoms with Gasteiger partial charge in [-0.05, 0) is 46.8 Å². The van der Waals surface area contributed by atoms with Crippen LogP contribution in [0.15, 0.2) is 22.7 Å². The van der Waals surface area contributed by atoms with Gasteiger partial charge in [0.15, 0.2) is 5.78 Å². The first kappa shape index (κ1) is 13.1. The van der Waals surface area contributed by atoms with E-state index in [4.69, 9.17) is 11.6 Å². The third-order valence-electron chi connectivity index (χ3n) is 3.60. The number of carbonyl (C=O) groups is 1. The molecule has 0 atom stereocenters. The molecule has 0 spiro atoms. The molecule has 0 aromatic heterocycles. The first-order valence-electron chi connectivity index (χ1n) is 6.08. The Morgan fingerprint density at radius 3 is 2.59 bits per heavy atom. The minimum Gasteiger partial charge on any atom is -0.294 e. The SMILES string of the molecule is CC1CCC(C(=O)c2cccc(Br)c2Cl)CC1. The highest BCUT2D eigenvalue weighted by atomic mass is 79.9. The van der Waals surface area contributed by atoms with Gasteiger partial charge in [0.1, 0.15) is 0 Å². The molecule has 0 radical (unpaired) electrons. The van der Waals surface area contributed by atoms with Gasteiger partial charge in [0.05, 0.1) is 5.02 Å². The Kier molecular flexibility index (Phi) is 4.26. The van der Waals surface area contributed by atoms with E-state index in [1.807, 2.05) is 18.2 Å². The number of rotatable bonds is 2. The molecule has 0 unspecified atom stereocenters. The lowest BCUT2D eigenvalue weighted by molar-refractivity contribution is 0.0876. The summed E-state index contributed by atoms with van der Waals surface area (Å²) in [7, 11) is 0. The minimum atomic E-state index is 0.165. The Bertz CT molecular complexity index is 422. The molecule has 17 heavy (non-hydrogen) atoms. The molecule has 0 aliphatic heterocycles. The molecule has 1 nitrogen and oxygen atoms in total. The summed E-state index contributed by atoms with van der Waals surface area (Å²) < 4.78 is 0.800. The molecule has 0 amide bonds. The van der Waals surface area contributed by atoms with Gasteiger partial charge in [-0.25, -0.2) is 0 Å². The first-order valence-corrected chi connectivity index (χ1v) is 7.25. The molecular weight excluding hydrogens is 300 g/mol. The Morgan fingerprint density at radius 1 is 1.29 bits per heavy atom. The van der Waals surface area contributed by atoms with Crippen molar-refractivity contribution in [1.82, 2.24) is 0 Å². The fraction of sp³-hybridized carbons (Fsp3) is 0.500. The second kappa shape index (κ2) is 5.53. The monoisotopic (exact) mass is 314 g/mol. The predicted molar refractivity (Wildman–Crippen MR) is 74.6 cm³/mol. The fourth-order valence-corrected chi connectivity index (χ4v) is 3.02. The average Bonchev–Trinajstić information content (AvgIpc) is 2.33. The fourth-order valence-electron chi connectivity index (χ4n) is 2.44. The standard InChI is InChI=1S/C14H16BrClO/c1-9-5-7-10(8-6-9)14(17)11-3-2-4-12(15)13(11)16/h2-4,9-10H,5-8H2,1H3. The second-order valence-corrected chi connectivity index (χ2v) is 6.15. The second-order valence-electron chi connectivity index (χ2n) is 4.92. The molecule has 0 bridgehead atoms. The summed E-state index contributed by atoms with van der Waals surface area (Å²) >= 11 is 9.53. The van der Waals surface area contributed by atoms with Crippen molar-refractivity contribution in [2.75, 3.05) is 0 Å². The molecule has 1 aliphatic carbocycles. The molecular formula is C14H16BrClO. The molecule has 1 aromatic rings. The number of ketones is 1. The van der Waals surface area contributed by atoms with Gasteiger partial charge in [0, 0.05) is 16.0 Å². The summed E-state index contributed by atoms with van der Waals surface area (Å²) in [4.78, 5) is 12.4. The van der Waals surface area contributed by atoms with Gasteiger partial charge in [-0.3, -0.25) is 4.79 Å². The molecule has 3 heteroatoms. The maximum Gasteiger partial charge on any atom is 0.167 e. The zero-order valence-electron chi connectivity index (χ0n) is 9.88. The maximum atomic E-state index is 12.4. The van der Waals surface area contributed by atoms with Crippen molar-refractivity contribution in [3.63, 3.8) is 0 Å².